The lowest BCUT2D eigenvalue weighted by molar-refractivity contribution is 0.0682. The quantitative estimate of drug-likeness (QED) is 0.833. The van der Waals surface area contributed by atoms with E-state index in [4.69, 9.17) is 10.2 Å². The molecule has 2 aromatic carbocycles. The van der Waals surface area contributed by atoms with Gasteiger partial charge < -0.3 is 10.2 Å². The second-order valence-electron chi connectivity index (χ2n) is 4.11. The number of hydrogen-bond donors (Lipinski definition) is 2. The Balaban J connectivity index is 2.61. The Kier molecular flexibility index (Phi) is 3.61. The highest BCUT2D eigenvalue weighted by Crippen LogP contribution is 2.25. The lowest BCUT2D eigenvalue weighted by atomic mass is 9.96. The van der Waals surface area contributed by atoms with E-state index in [0.29, 0.717) is 23.0 Å². The van der Waals surface area contributed by atoms with Gasteiger partial charge in [-0.2, -0.15) is 0 Å². The van der Waals surface area contributed by atoms with Crippen molar-refractivity contribution in [2.24, 2.45) is 0 Å². The number of carboxylic acid groups (broad SMARTS) is 2. The number of hydrogen-bond acceptors (Lipinski definition) is 3. The number of carbonyl (C=O) groups is 3. The van der Waals surface area contributed by atoms with Crippen molar-refractivity contribution in [1.29, 1.82) is 0 Å². The summed E-state index contributed by atoms with van der Waals surface area (Å²) in [4.78, 5) is 32.8. The van der Waals surface area contributed by atoms with Crippen LogP contribution in [0.25, 0.3) is 11.1 Å². The first kappa shape index (κ1) is 13.5. The molecule has 100 valence electrons. The first-order valence-corrected chi connectivity index (χ1v) is 5.69. The maximum absolute atomic E-state index is 11.2. The average Bonchev–Trinajstić information content (AvgIpc) is 2.46. The first-order valence-electron chi connectivity index (χ1n) is 5.69. The van der Waals surface area contributed by atoms with Crippen LogP contribution in [-0.2, 0) is 0 Å². The molecule has 0 fully saturated rings. The predicted octanol–water partition coefficient (Wildman–Crippen LogP) is 2.56. The molecule has 0 aliphatic heterocycles. The van der Waals surface area contributed by atoms with E-state index in [1.54, 1.807) is 24.3 Å². The monoisotopic (exact) mass is 270 g/mol. The van der Waals surface area contributed by atoms with Crippen LogP contribution in [0.1, 0.15) is 31.1 Å². The van der Waals surface area contributed by atoms with Gasteiger partial charge >= 0.3 is 11.9 Å². The Morgan fingerprint density at radius 2 is 1.55 bits per heavy atom. The van der Waals surface area contributed by atoms with E-state index < -0.39 is 11.9 Å². The third-order valence-electron chi connectivity index (χ3n) is 2.85. The summed E-state index contributed by atoms with van der Waals surface area (Å²) in [6, 6.07) is 10.1. The first-order chi connectivity index (χ1) is 9.52. The average molecular weight is 270 g/mol. The lowest BCUT2D eigenvalue weighted by Crippen LogP contribution is -2.03. The van der Waals surface area contributed by atoms with Gasteiger partial charge in [0, 0.05) is 5.56 Å². The number of carbonyl (C=O) groups excluding carboxylic acids is 1. The second-order valence-corrected chi connectivity index (χ2v) is 4.11. The molecule has 5 heteroatoms. The molecule has 0 unspecified atom stereocenters. The Hall–Kier alpha value is -2.95. The molecule has 0 saturated heterocycles. The van der Waals surface area contributed by atoms with E-state index in [9.17, 15) is 14.4 Å². The lowest BCUT2D eigenvalue weighted by Gasteiger charge is -2.08. The van der Waals surface area contributed by atoms with Crippen LogP contribution >= 0.6 is 0 Å². The summed E-state index contributed by atoms with van der Waals surface area (Å²) >= 11 is 0. The van der Waals surface area contributed by atoms with Crippen LogP contribution in [-0.4, -0.2) is 28.4 Å². The highest BCUT2D eigenvalue weighted by atomic mass is 16.4. The fourth-order valence-electron chi connectivity index (χ4n) is 1.84. The fourth-order valence-corrected chi connectivity index (χ4v) is 1.84. The van der Waals surface area contributed by atoms with Gasteiger partial charge in [0.25, 0.3) is 0 Å². The van der Waals surface area contributed by atoms with Gasteiger partial charge in [-0.25, -0.2) is 9.59 Å². The van der Waals surface area contributed by atoms with Crippen LogP contribution in [0.4, 0.5) is 0 Å². The molecule has 0 aliphatic rings. The van der Waals surface area contributed by atoms with E-state index in [0.717, 1.165) is 0 Å². The molecule has 0 radical (unpaired) electrons. The van der Waals surface area contributed by atoms with Gasteiger partial charge in [0.2, 0.25) is 0 Å². The maximum Gasteiger partial charge on any atom is 0.336 e. The minimum Gasteiger partial charge on any atom is -0.478 e. The third kappa shape index (κ3) is 2.56. The van der Waals surface area contributed by atoms with Crippen molar-refractivity contribution < 1.29 is 24.6 Å². The molecular weight excluding hydrogens is 260 g/mol. The van der Waals surface area contributed by atoms with Crippen LogP contribution in [0.5, 0.6) is 0 Å². The number of aromatic carboxylic acids is 2. The minimum absolute atomic E-state index is 0.00413. The minimum atomic E-state index is -1.14. The van der Waals surface area contributed by atoms with E-state index in [1.165, 1.54) is 18.2 Å². The van der Waals surface area contributed by atoms with Crippen molar-refractivity contribution >= 4 is 18.2 Å². The van der Waals surface area contributed by atoms with Gasteiger partial charge in [-0.1, -0.05) is 24.3 Å². The van der Waals surface area contributed by atoms with Crippen LogP contribution in [0.15, 0.2) is 42.5 Å². The van der Waals surface area contributed by atoms with E-state index in [1.807, 2.05) is 0 Å². The van der Waals surface area contributed by atoms with Crippen LogP contribution in [0.3, 0.4) is 0 Å². The van der Waals surface area contributed by atoms with Crippen LogP contribution < -0.4 is 0 Å². The highest BCUT2D eigenvalue weighted by Gasteiger charge is 2.14. The molecule has 5 nitrogen and oxygen atoms in total. The smallest absolute Gasteiger partial charge is 0.336 e. The molecule has 0 bridgehead atoms. The molecule has 0 saturated carbocycles. The van der Waals surface area contributed by atoms with Gasteiger partial charge in [-0.15, -0.1) is 0 Å². The largest absolute Gasteiger partial charge is 0.478 e. The predicted molar refractivity (Wildman–Crippen MR) is 71.2 cm³/mol. The molecule has 2 aromatic rings. The zero-order chi connectivity index (χ0) is 14.7. The molecule has 2 N–H and O–H groups in total. The van der Waals surface area contributed by atoms with Crippen LogP contribution in [0, 0.1) is 0 Å². The van der Waals surface area contributed by atoms with Gasteiger partial charge in [-0.05, 0) is 29.3 Å². The Morgan fingerprint density at radius 3 is 2.05 bits per heavy atom. The van der Waals surface area contributed by atoms with Gasteiger partial charge in [-0.3, -0.25) is 4.79 Å². The van der Waals surface area contributed by atoms with Gasteiger partial charge in [0.05, 0.1) is 11.1 Å². The van der Waals surface area contributed by atoms with Crippen molar-refractivity contribution in [2.75, 3.05) is 0 Å². The summed E-state index contributed by atoms with van der Waals surface area (Å²) in [5.74, 6) is -2.27. The van der Waals surface area contributed by atoms with Crippen molar-refractivity contribution in [3.63, 3.8) is 0 Å². The number of rotatable bonds is 4. The van der Waals surface area contributed by atoms with E-state index >= 15 is 0 Å². The standard InChI is InChI=1S/C15H10O5/c16-8-9-1-3-10(4-2-9)13-7-11(14(17)18)5-6-12(13)15(19)20/h1-8H,(H,17,18)(H,19,20). The van der Waals surface area contributed by atoms with E-state index in [-0.39, 0.29) is 11.1 Å². The Labute approximate surface area is 114 Å². The molecule has 0 atom stereocenters. The molecule has 0 aliphatic carbocycles. The van der Waals surface area contributed by atoms with Gasteiger partial charge in [0.1, 0.15) is 6.29 Å². The number of benzene rings is 2. The number of carboxylic acids is 2. The number of aldehydes is 1. The maximum atomic E-state index is 11.2. The van der Waals surface area contributed by atoms with Crippen molar-refractivity contribution in [3.05, 3.63) is 59.2 Å². The Bertz CT molecular complexity index is 686. The molecule has 0 heterocycles. The van der Waals surface area contributed by atoms with E-state index in [2.05, 4.69) is 0 Å². The Morgan fingerprint density at radius 1 is 0.900 bits per heavy atom. The molecule has 2 rings (SSSR count). The summed E-state index contributed by atoms with van der Waals surface area (Å²) in [5, 5.41) is 18.1. The fraction of sp³-hybridized carbons (Fsp3) is 0. The molecule has 0 amide bonds. The molecule has 20 heavy (non-hydrogen) atoms. The molecule has 0 aromatic heterocycles. The van der Waals surface area contributed by atoms with Gasteiger partial charge in [0.15, 0.2) is 0 Å². The normalized spacial score (nSPS) is 10.0. The van der Waals surface area contributed by atoms with Crippen LogP contribution in [0.2, 0.25) is 0 Å². The van der Waals surface area contributed by atoms with Crippen molar-refractivity contribution in [3.8, 4) is 11.1 Å². The SMILES string of the molecule is O=Cc1ccc(-c2cc(C(=O)O)ccc2C(=O)O)cc1. The summed E-state index contributed by atoms with van der Waals surface area (Å²) in [6.45, 7) is 0. The molecular formula is C15H10O5. The summed E-state index contributed by atoms with van der Waals surface area (Å²) in [6.07, 6.45) is 0.676. The highest BCUT2D eigenvalue weighted by molar-refractivity contribution is 5.99. The van der Waals surface area contributed by atoms with Crippen molar-refractivity contribution in [2.45, 2.75) is 0 Å². The van der Waals surface area contributed by atoms with Crippen molar-refractivity contribution in [1.82, 2.24) is 0 Å². The summed E-state index contributed by atoms with van der Waals surface area (Å²) in [7, 11) is 0. The zero-order valence-electron chi connectivity index (χ0n) is 10.2. The topological polar surface area (TPSA) is 91.7 Å². The third-order valence-corrected chi connectivity index (χ3v) is 2.85. The molecule has 0 spiro atoms. The summed E-state index contributed by atoms with van der Waals surface area (Å²) in [5.41, 5.74) is 1.31. The second kappa shape index (κ2) is 5.36. The zero-order valence-corrected chi connectivity index (χ0v) is 10.2. The summed E-state index contributed by atoms with van der Waals surface area (Å²) < 4.78 is 0.